The Morgan fingerprint density at radius 3 is 2.20 bits per heavy atom. The molecule has 3 aromatic carbocycles. The average molecular weight is 687 g/mol. The highest BCUT2D eigenvalue weighted by Crippen LogP contribution is 2.33. The predicted molar refractivity (Wildman–Crippen MR) is 184 cm³/mol. The fourth-order valence-electron chi connectivity index (χ4n) is 6.13. The molecule has 0 spiro atoms. The lowest BCUT2D eigenvalue weighted by Gasteiger charge is -2.33. The molecule has 1 unspecified atom stereocenters. The van der Waals surface area contributed by atoms with Gasteiger partial charge in [-0.05, 0) is 93.8 Å². The van der Waals surface area contributed by atoms with E-state index in [1.165, 1.54) is 11.0 Å². The lowest BCUT2D eigenvalue weighted by Crippen LogP contribution is -2.47. The Bertz CT molecular complexity index is 1820. The third-order valence-corrected chi connectivity index (χ3v) is 10.9. The first-order valence-corrected chi connectivity index (χ1v) is 17.9. The predicted octanol–water partition coefficient (Wildman–Crippen LogP) is 6.37. The molecule has 3 aromatic rings. The molecule has 2 aliphatic rings. The van der Waals surface area contributed by atoms with E-state index in [0.717, 1.165) is 24.0 Å². The van der Waals surface area contributed by atoms with Gasteiger partial charge in [-0.25, -0.2) is 18.0 Å². The summed E-state index contributed by atoms with van der Waals surface area (Å²) >= 11 is 0. The lowest BCUT2D eigenvalue weighted by molar-refractivity contribution is 0.0606. The number of rotatable bonds is 7. The molecule has 0 N–H and O–H groups in total. The molecule has 258 valence electrons. The first kappa shape index (κ1) is 35.4. The van der Waals surface area contributed by atoms with Crippen molar-refractivity contribution in [2.75, 3.05) is 30.5 Å². The molecule has 1 atom stereocenters. The van der Waals surface area contributed by atoms with Gasteiger partial charge in [0.1, 0.15) is 17.5 Å². The molecule has 11 nitrogen and oxygen atoms in total. The second-order valence-electron chi connectivity index (χ2n) is 13.5. The first-order chi connectivity index (χ1) is 23.3. The van der Waals surface area contributed by atoms with Gasteiger partial charge in [-0.15, -0.1) is 0 Å². The quantitative estimate of drug-likeness (QED) is 0.280. The van der Waals surface area contributed by atoms with Crippen molar-refractivity contribution >= 4 is 33.8 Å². The largest absolute Gasteiger partial charge is 0.445 e. The Hall–Kier alpha value is -4.89. The van der Waals surface area contributed by atoms with Crippen LogP contribution in [-0.4, -0.2) is 73.3 Å². The SMILES string of the molecule is Cc1ccc(C(=O)N2CCC(c3ccc(C#N)cc3)CC2)cc1N(C(=O)OC(C)(C)C)S(=O)(=O)C1CCN(C(=O)OCc2ccccc2)C1. The molecule has 0 bridgehead atoms. The summed E-state index contributed by atoms with van der Waals surface area (Å²) in [4.78, 5) is 43.3. The zero-order valence-corrected chi connectivity index (χ0v) is 29.1. The molecule has 5 rings (SSSR count). The molecule has 0 saturated carbocycles. The zero-order chi connectivity index (χ0) is 35.3. The molecule has 0 radical (unpaired) electrons. The molecule has 2 saturated heterocycles. The van der Waals surface area contributed by atoms with E-state index < -0.39 is 33.1 Å². The van der Waals surface area contributed by atoms with Gasteiger partial charge in [-0.3, -0.25) is 4.79 Å². The number of hydrogen-bond acceptors (Lipinski definition) is 8. The molecule has 2 heterocycles. The van der Waals surface area contributed by atoms with Gasteiger partial charge in [-0.1, -0.05) is 48.5 Å². The van der Waals surface area contributed by atoms with Crippen LogP contribution in [0.4, 0.5) is 15.3 Å². The summed E-state index contributed by atoms with van der Waals surface area (Å²) in [5.41, 5.74) is 2.25. The third kappa shape index (κ3) is 8.40. The Morgan fingerprint density at radius 1 is 0.918 bits per heavy atom. The number of amides is 3. The van der Waals surface area contributed by atoms with Gasteiger partial charge in [-0.2, -0.15) is 9.57 Å². The van der Waals surface area contributed by atoms with Crippen molar-refractivity contribution in [2.24, 2.45) is 0 Å². The van der Waals surface area contributed by atoms with Gasteiger partial charge in [0.15, 0.2) is 0 Å². The van der Waals surface area contributed by atoms with Gasteiger partial charge in [0, 0.05) is 31.7 Å². The molecule has 2 aliphatic heterocycles. The molecular formula is C37H42N4O7S. The molecule has 0 aliphatic carbocycles. The molecular weight excluding hydrogens is 644 g/mol. The van der Waals surface area contributed by atoms with Crippen molar-refractivity contribution < 1.29 is 32.3 Å². The van der Waals surface area contributed by atoms with E-state index in [1.807, 2.05) is 42.5 Å². The number of anilines is 1. The van der Waals surface area contributed by atoms with Gasteiger partial charge < -0.3 is 19.3 Å². The first-order valence-electron chi connectivity index (χ1n) is 16.4. The van der Waals surface area contributed by atoms with Crippen molar-refractivity contribution in [2.45, 2.75) is 70.3 Å². The van der Waals surface area contributed by atoms with Gasteiger partial charge in [0.25, 0.3) is 5.91 Å². The van der Waals surface area contributed by atoms with E-state index in [1.54, 1.807) is 56.9 Å². The van der Waals surface area contributed by atoms with Crippen molar-refractivity contribution in [1.29, 1.82) is 5.26 Å². The van der Waals surface area contributed by atoms with Crippen LogP contribution in [-0.2, 0) is 26.1 Å². The maximum absolute atomic E-state index is 14.3. The van der Waals surface area contributed by atoms with E-state index in [-0.39, 0.29) is 49.2 Å². The number of nitriles is 1. The maximum Gasteiger partial charge on any atom is 0.428 e. The van der Waals surface area contributed by atoms with Crippen molar-refractivity contribution in [3.8, 4) is 6.07 Å². The van der Waals surface area contributed by atoms with Crippen LogP contribution >= 0.6 is 0 Å². The van der Waals surface area contributed by atoms with Gasteiger partial charge in [0.05, 0.1) is 17.3 Å². The van der Waals surface area contributed by atoms with Crippen molar-refractivity contribution in [3.05, 3.63) is 101 Å². The minimum absolute atomic E-state index is 0.0256. The normalized spacial score (nSPS) is 16.9. The molecule has 49 heavy (non-hydrogen) atoms. The highest BCUT2D eigenvalue weighted by molar-refractivity contribution is 7.94. The number of carbonyl (C=O) groups is 3. The lowest BCUT2D eigenvalue weighted by atomic mass is 9.89. The topological polar surface area (TPSA) is 137 Å². The monoisotopic (exact) mass is 686 g/mol. The number of piperidine rings is 1. The number of sulfonamides is 1. The van der Waals surface area contributed by atoms with Crippen LogP contribution < -0.4 is 4.31 Å². The van der Waals surface area contributed by atoms with Crippen LogP contribution in [0.3, 0.4) is 0 Å². The zero-order valence-electron chi connectivity index (χ0n) is 28.3. The molecule has 2 fully saturated rings. The highest BCUT2D eigenvalue weighted by atomic mass is 32.2. The third-order valence-electron chi connectivity index (χ3n) is 8.81. The standard InChI is InChI=1S/C37H42N4O7S/c1-26-10-13-31(34(42)39-19-16-30(17-20-39)29-14-11-27(23-38)12-15-29)22-33(26)41(36(44)48-37(2,3)4)49(45,46)32-18-21-40(24-32)35(43)47-25-28-8-6-5-7-9-28/h5-15,22,30,32H,16-21,24-25H2,1-4H3. The Morgan fingerprint density at radius 2 is 1.57 bits per heavy atom. The van der Waals surface area contributed by atoms with Gasteiger partial charge in [0.2, 0.25) is 10.0 Å². The number of benzene rings is 3. The Labute approximate surface area is 288 Å². The van der Waals surface area contributed by atoms with E-state index in [9.17, 15) is 22.8 Å². The summed E-state index contributed by atoms with van der Waals surface area (Å²) in [6, 6.07) is 23.5. The fourth-order valence-corrected chi connectivity index (χ4v) is 7.91. The number of carbonyl (C=O) groups excluding carboxylic acids is 3. The van der Waals surface area contributed by atoms with Crippen LogP contribution in [0.2, 0.25) is 0 Å². The van der Waals surface area contributed by atoms with E-state index in [0.29, 0.717) is 28.5 Å². The number of nitrogens with zero attached hydrogens (tertiary/aromatic N) is 4. The average Bonchev–Trinajstić information content (AvgIpc) is 3.59. The van der Waals surface area contributed by atoms with Crippen LogP contribution in [0, 0.1) is 18.3 Å². The Kier molecular flexibility index (Phi) is 10.6. The minimum Gasteiger partial charge on any atom is -0.445 e. The summed E-state index contributed by atoms with van der Waals surface area (Å²) in [7, 11) is -4.43. The summed E-state index contributed by atoms with van der Waals surface area (Å²) < 4.78 is 40.2. The molecule has 12 heteroatoms. The second kappa shape index (κ2) is 14.7. The van der Waals surface area contributed by atoms with Gasteiger partial charge >= 0.3 is 12.2 Å². The number of likely N-dealkylation sites (tertiary alicyclic amines) is 2. The van der Waals surface area contributed by atoms with E-state index in [2.05, 4.69) is 6.07 Å². The van der Waals surface area contributed by atoms with E-state index >= 15 is 0 Å². The smallest absolute Gasteiger partial charge is 0.428 e. The van der Waals surface area contributed by atoms with Crippen LogP contribution in [0.15, 0.2) is 72.8 Å². The summed E-state index contributed by atoms with van der Waals surface area (Å²) in [6.45, 7) is 7.61. The summed E-state index contributed by atoms with van der Waals surface area (Å²) in [5, 5.41) is 7.99. The fraction of sp³-hybridized carbons (Fsp3) is 0.405. The van der Waals surface area contributed by atoms with Crippen molar-refractivity contribution in [3.63, 3.8) is 0 Å². The molecule has 0 aromatic heterocycles. The van der Waals surface area contributed by atoms with E-state index in [4.69, 9.17) is 14.7 Å². The highest BCUT2D eigenvalue weighted by Gasteiger charge is 2.44. The number of ether oxygens (including phenoxy) is 2. The maximum atomic E-state index is 14.3. The minimum atomic E-state index is -4.43. The Balaban J connectivity index is 1.34. The van der Waals surface area contributed by atoms with Crippen LogP contribution in [0.1, 0.15) is 78.6 Å². The molecule has 3 amide bonds. The van der Waals surface area contributed by atoms with Crippen LogP contribution in [0.25, 0.3) is 0 Å². The number of aryl methyl sites for hydroxylation is 1. The summed E-state index contributed by atoms with van der Waals surface area (Å²) in [6.07, 6.45) is -0.166. The summed E-state index contributed by atoms with van der Waals surface area (Å²) in [5.74, 6) is -0.0194. The second-order valence-corrected chi connectivity index (χ2v) is 15.5. The number of hydrogen-bond donors (Lipinski definition) is 0. The van der Waals surface area contributed by atoms with Crippen LogP contribution in [0.5, 0.6) is 0 Å². The van der Waals surface area contributed by atoms with Crippen molar-refractivity contribution in [1.82, 2.24) is 9.80 Å².